The van der Waals surface area contributed by atoms with Gasteiger partial charge in [0, 0.05) is 24.2 Å². The molecule has 1 aromatic heterocycles. The second-order valence-corrected chi connectivity index (χ2v) is 5.95. The minimum absolute atomic E-state index is 0.0293. The number of Topliss-reactive ketones (excluding diaryl/α,β-unsaturated/α-hetero) is 1. The van der Waals surface area contributed by atoms with Gasteiger partial charge in [0.2, 0.25) is 0 Å². The van der Waals surface area contributed by atoms with E-state index in [1.165, 1.54) is 24.3 Å². The Morgan fingerprint density at radius 1 is 1.32 bits per heavy atom. The highest BCUT2D eigenvalue weighted by molar-refractivity contribution is 6.46. The van der Waals surface area contributed by atoms with E-state index in [9.17, 15) is 14.7 Å². The number of rotatable bonds is 5. The molecular formula is C18H16ClNO5. The predicted molar refractivity (Wildman–Crippen MR) is 91.0 cm³/mol. The van der Waals surface area contributed by atoms with Crippen LogP contribution in [0.25, 0.3) is 5.76 Å². The van der Waals surface area contributed by atoms with E-state index in [2.05, 4.69) is 0 Å². The molecule has 1 amide bonds. The molecule has 1 aromatic carbocycles. The number of likely N-dealkylation sites (tertiary alicyclic amines) is 1. The van der Waals surface area contributed by atoms with Gasteiger partial charge in [-0.2, -0.15) is 0 Å². The number of hydrogen-bond acceptors (Lipinski definition) is 5. The van der Waals surface area contributed by atoms with Crippen LogP contribution in [0.5, 0.6) is 0 Å². The molecule has 0 bridgehead atoms. The van der Waals surface area contributed by atoms with Gasteiger partial charge in [0.15, 0.2) is 0 Å². The third kappa shape index (κ3) is 3.18. The van der Waals surface area contributed by atoms with Crippen LogP contribution in [0.15, 0.2) is 52.7 Å². The van der Waals surface area contributed by atoms with Gasteiger partial charge in [0.05, 0.1) is 18.4 Å². The molecule has 1 unspecified atom stereocenters. The van der Waals surface area contributed by atoms with Gasteiger partial charge in [-0.25, -0.2) is 0 Å². The smallest absolute Gasteiger partial charge is 0.295 e. The van der Waals surface area contributed by atoms with Gasteiger partial charge in [-0.15, -0.1) is 0 Å². The predicted octanol–water partition coefficient (Wildman–Crippen LogP) is 3.00. The summed E-state index contributed by atoms with van der Waals surface area (Å²) in [6, 6.07) is 8.94. The first-order valence-corrected chi connectivity index (χ1v) is 7.99. The molecule has 0 spiro atoms. The number of ketones is 1. The zero-order valence-corrected chi connectivity index (χ0v) is 14.2. The van der Waals surface area contributed by atoms with Gasteiger partial charge in [-0.3, -0.25) is 9.59 Å². The monoisotopic (exact) mass is 361 g/mol. The molecule has 1 saturated heterocycles. The maximum Gasteiger partial charge on any atom is 0.295 e. The molecule has 1 N–H and O–H groups in total. The molecule has 130 valence electrons. The molecule has 1 atom stereocenters. The van der Waals surface area contributed by atoms with Gasteiger partial charge in [-0.1, -0.05) is 23.7 Å². The van der Waals surface area contributed by atoms with Crippen molar-refractivity contribution in [3.63, 3.8) is 0 Å². The minimum atomic E-state index is -0.816. The molecule has 1 aliphatic heterocycles. The standard InChI is InChI=1S/C18H16ClNO5/c1-24-9-7-20-15(13-6-3-8-25-13)14(17(22)18(20)23)16(21)11-4-2-5-12(19)10-11/h2-6,8,10,15,21H,7,9H2,1H3/b16-14-. The summed E-state index contributed by atoms with van der Waals surface area (Å²) < 4.78 is 10.4. The summed E-state index contributed by atoms with van der Waals surface area (Å²) in [5.74, 6) is -1.38. The second kappa shape index (κ2) is 7.13. The Kier molecular flexibility index (Phi) is 4.92. The molecule has 7 heteroatoms. The number of aliphatic hydroxyl groups is 1. The van der Waals surface area contributed by atoms with E-state index in [4.69, 9.17) is 20.8 Å². The quantitative estimate of drug-likeness (QED) is 0.503. The van der Waals surface area contributed by atoms with E-state index >= 15 is 0 Å². The Morgan fingerprint density at radius 2 is 2.12 bits per heavy atom. The fourth-order valence-corrected chi connectivity index (χ4v) is 3.02. The number of carbonyl (C=O) groups is 2. The zero-order valence-electron chi connectivity index (χ0n) is 13.4. The molecule has 2 aromatic rings. The number of halogens is 1. The van der Waals surface area contributed by atoms with Crippen molar-refractivity contribution in [1.82, 2.24) is 4.90 Å². The lowest BCUT2D eigenvalue weighted by Gasteiger charge is -2.22. The molecule has 0 aliphatic carbocycles. The van der Waals surface area contributed by atoms with Crippen molar-refractivity contribution in [3.8, 4) is 0 Å². The zero-order chi connectivity index (χ0) is 18.0. The topological polar surface area (TPSA) is 80.0 Å². The SMILES string of the molecule is COCCN1C(=O)C(=O)/C(=C(\O)c2cccc(Cl)c2)C1c1ccco1. The minimum Gasteiger partial charge on any atom is -0.507 e. The first-order chi connectivity index (χ1) is 12.0. The van der Waals surface area contributed by atoms with Gasteiger partial charge in [0.1, 0.15) is 17.6 Å². The Hall–Kier alpha value is -2.57. The number of ether oxygens (including phenoxy) is 1. The summed E-state index contributed by atoms with van der Waals surface area (Å²) >= 11 is 5.96. The Bertz CT molecular complexity index is 828. The summed E-state index contributed by atoms with van der Waals surface area (Å²) in [5.41, 5.74) is 0.326. The Balaban J connectivity index is 2.13. The first kappa shape index (κ1) is 17.3. The lowest BCUT2D eigenvalue weighted by Crippen LogP contribution is -2.32. The Labute approximate surface area is 149 Å². The van der Waals surface area contributed by atoms with Crippen molar-refractivity contribution >= 4 is 29.1 Å². The normalized spacial score (nSPS) is 19.6. The van der Waals surface area contributed by atoms with E-state index in [0.29, 0.717) is 16.3 Å². The third-order valence-electron chi connectivity index (χ3n) is 3.99. The second-order valence-electron chi connectivity index (χ2n) is 5.51. The molecule has 0 saturated carbocycles. The summed E-state index contributed by atoms with van der Waals surface area (Å²) in [4.78, 5) is 26.3. The number of methoxy groups -OCH3 is 1. The van der Waals surface area contributed by atoms with Gasteiger partial charge in [-0.05, 0) is 24.3 Å². The van der Waals surface area contributed by atoms with Crippen molar-refractivity contribution in [3.05, 3.63) is 64.6 Å². The van der Waals surface area contributed by atoms with E-state index in [1.807, 2.05) is 0 Å². The fourth-order valence-electron chi connectivity index (χ4n) is 2.83. The maximum absolute atomic E-state index is 12.6. The van der Waals surface area contributed by atoms with Gasteiger partial charge in [0.25, 0.3) is 11.7 Å². The number of furan rings is 1. The number of nitrogens with zero attached hydrogens (tertiary/aromatic N) is 1. The highest BCUT2D eigenvalue weighted by Gasteiger charge is 2.47. The van der Waals surface area contributed by atoms with Crippen LogP contribution < -0.4 is 0 Å². The van der Waals surface area contributed by atoms with E-state index in [1.54, 1.807) is 30.3 Å². The first-order valence-electron chi connectivity index (χ1n) is 7.61. The van der Waals surface area contributed by atoms with Crippen molar-refractivity contribution in [2.24, 2.45) is 0 Å². The summed E-state index contributed by atoms with van der Waals surface area (Å²) in [5, 5.41) is 11.1. The van der Waals surface area contributed by atoms with Crippen LogP contribution in [0.3, 0.4) is 0 Å². The molecule has 25 heavy (non-hydrogen) atoms. The highest BCUT2D eigenvalue weighted by Crippen LogP contribution is 2.39. The Morgan fingerprint density at radius 3 is 2.76 bits per heavy atom. The fraction of sp³-hybridized carbons (Fsp3) is 0.222. The summed E-state index contributed by atoms with van der Waals surface area (Å²) in [6.45, 7) is 0.445. The van der Waals surface area contributed by atoms with E-state index in [0.717, 1.165) is 0 Å². The molecular weight excluding hydrogens is 346 g/mol. The molecule has 1 aliphatic rings. The summed E-state index contributed by atoms with van der Waals surface area (Å²) in [7, 11) is 1.50. The van der Waals surface area contributed by atoms with Crippen molar-refractivity contribution in [2.45, 2.75) is 6.04 Å². The van der Waals surface area contributed by atoms with Gasteiger partial charge >= 0.3 is 0 Å². The van der Waals surface area contributed by atoms with Crippen molar-refractivity contribution < 1.29 is 23.8 Å². The van der Waals surface area contributed by atoms with Crippen LogP contribution in [0.4, 0.5) is 0 Å². The van der Waals surface area contributed by atoms with E-state index in [-0.39, 0.29) is 24.5 Å². The lowest BCUT2D eigenvalue weighted by molar-refractivity contribution is -0.140. The van der Waals surface area contributed by atoms with Crippen LogP contribution in [0.1, 0.15) is 17.4 Å². The van der Waals surface area contributed by atoms with Gasteiger partial charge < -0.3 is 19.2 Å². The van der Waals surface area contributed by atoms with Crippen molar-refractivity contribution in [2.75, 3.05) is 20.3 Å². The molecule has 3 rings (SSSR count). The van der Waals surface area contributed by atoms with E-state index < -0.39 is 17.7 Å². The van der Waals surface area contributed by atoms with Crippen LogP contribution in [-0.2, 0) is 14.3 Å². The number of benzene rings is 1. The largest absolute Gasteiger partial charge is 0.507 e. The van der Waals surface area contributed by atoms with Crippen molar-refractivity contribution in [1.29, 1.82) is 0 Å². The maximum atomic E-state index is 12.6. The number of amides is 1. The molecule has 6 nitrogen and oxygen atoms in total. The average molecular weight is 362 g/mol. The number of carbonyl (C=O) groups excluding carboxylic acids is 2. The molecule has 1 fully saturated rings. The average Bonchev–Trinajstić information content (AvgIpc) is 3.21. The van der Waals surface area contributed by atoms with Crippen LogP contribution >= 0.6 is 11.6 Å². The molecule has 2 heterocycles. The lowest BCUT2D eigenvalue weighted by atomic mass is 9.99. The highest BCUT2D eigenvalue weighted by atomic mass is 35.5. The number of hydrogen-bond donors (Lipinski definition) is 1. The third-order valence-corrected chi connectivity index (χ3v) is 4.22. The van der Waals surface area contributed by atoms with Crippen LogP contribution in [0.2, 0.25) is 5.02 Å². The van der Waals surface area contributed by atoms with Crippen LogP contribution in [-0.4, -0.2) is 42.0 Å². The number of aliphatic hydroxyl groups excluding tert-OH is 1. The summed E-state index contributed by atoms with van der Waals surface area (Å²) in [6.07, 6.45) is 1.45. The molecule has 0 radical (unpaired) electrons. The van der Waals surface area contributed by atoms with Crippen LogP contribution in [0, 0.1) is 0 Å².